The molecule has 0 aliphatic carbocycles. The number of aryl methyl sites for hydroxylation is 1. The molecule has 0 radical (unpaired) electrons. The van der Waals surface area contributed by atoms with Crippen molar-refractivity contribution in [1.82, 2.24) is 0 Å². The maximum Gasteiger partial charge on any atom is 0.338 e. The summed E-state index contributed by atoms with van der Waals surface area (Å²) in [7, 11) is -7.02. The molecule has 7 nitrogen and oxygen atoms in total. The average molecular weight is 400 g/mol. The molecular formula is C11H14BrNO6S2. The molecule has 0 aromatic heterocycles. The van der Waals surface area contributed by atoms with Crippen molar-refractivity contribution in [3.8, 4) is 0 Å². The van der Waals surface area contributed by atoms with Gasteiger partial charge in [-0.25, -0.2) is 21.6 Å². The number of benzene rings is 1. The second-order valence-electron chi connectivity index (χ2n) is 4.33. The molecule has 1 aromatic carbocycles. The summed E-state index contributed by atoms with van der Waals surface area (Å²) >= 11 is 3.12. The summed E-state index contributed by atoms with van der Waals surface area (Å²) in [4.78, 5) is 11.7. The summed E-state index contributed by atoms with van der Waals surface area (Å²) in [5.74, 6) is -0.691. The van der Waals surface area contributed by atoms with Crippen LogP contribution in [-0.4, -0.2) is 42.4 Å². The first kappa shape index (κ1) is 17.9. The first-order valence-electron chi connectivity index (χ1n) is 5.48. The van der Waals surface area contributed by atoms with Gasteiger partial charge in [0, 0.05) is 4.47 Å². The number of rotatable bonds is 4. The molecule has 0 unspecified atom stereocenters. The van der Waals surface area contributed by atoms with E-state index < -0.39 is 26.0 Å². The number of methoxy groups -OCH3 is 1. The predicted octanol–water partition coefficient (Wildman–Crippen LogP) is 1.27. The maximum absolute atomic E-state index is 11.8. The van der Waals surface area contributed by atoms with E-state index in [4.69, 9.17) is 0 Å². The second kappa shape index (κ2) is 5.93. The van der Waals surface area contributed by atoms with Crippen LogP contribution >= 0.6 is 15.9 Å². The standard InChI is InChI=1S/C11H14BrNO6S2/c1-7-5-9(12)10(6-8(7)11(14)19-2)13(20(3,15)16)21(4,17)18/h5-6H,1-4H3. The molecule has 0 atom stereocenters. The minimum atomic E-state index is -4.10. The molecule has 21 heavy (non-hydrogen) atoms. The number of halogens is 1. The van der Waals surface area contributed by atoms with E-state index in [2.05, 4.69) is 20.7 Å². The minimum Gasteiger partial charge on any atom is -0.465 e. The smallest absolute Gasteiger partial charge is 0.338 e. The van der Waals surface area contributed by atoms with Gasteiger partial charge in [0.15, 0.2) is 0 Å². The highest BCUT2D eigenvalue weighted by Gasteiger charge is 2.30. The molecule has 0 aliphatic rings. The van der Waals surface area contributed by atoms with Gasteiger partial charge >= 0.3 is 5.97 Å². The van der Waals surface area contributed by atoms with E-state index in [0.29, 0.717) is 5.56 Å². The van der Waals surface area contributed by atoms with Gasteiger partial charge in [-0.3, -0.25) is 0 Å². The molecule has 0 heterocycles. The van der Waals surface area contributed by atoms with Gasteiger partial charge in [0.1, 0.15) is 0 Å². The van der Waals surface area contributed by atoms with E-state index >= 15 is 0 Å². The van der Waals surface area contributed by atoms with Crippen LogP contribution in [0.3, 0.4) is 0 Å². The molecule has 0 N–H and O–H groups in total. The van der Waals surface area contributed by atoms with E-state index in [1.165, 1.54) is 13.2 Å². The van der Waals surface area contributed by atoms with Crippen molar-refractivity contribution in [2.45, 2.75) is 6.92 Å². The topological polar surface area (TPSA) is 97.8 Å². The highest BCUT2D eigenvalue weighted by molar-refractivity contribution is 9.10. The summed E-state index contributed by atoms with van der Waals surface area (Å²) in [6.45, 7) is 1.62. The number of hydrogen-bond donors (Lipinski definition) is 0. The zero-order valence-corrected chi connectivity index (χ0v) is 15.0. The molecule has 0 saturated heterocycles. The van der Waals surface area contributed by atoms with Crippen molar-refractivity contribution in [3.05, 3.63) is 27.7 Å². The second-order valence-corrected chi connectivity index (χ2v) is 9.08. The normalized spacial score (nSPS) is 12.0. The fourth-order valence-corrected chi connectivity index (χ4v) is 5.59. The van der Waals surface area contributed by atoms with Crippen molar-refractivity contribution >= 4 is 47.6 Å². The summed E-state index contributed by atoms with van der Waals surface area (Å²) < 4.78 is 52.2. The number of carbonyl (C=O) groups is 1. The van der Waals surface area contributed by atoms with Crippen molar-refractivity contribution in [1.29, 1.82) is 0 Å². The van der Waals surface area contributed by atoms with Gasteiger partial charge in [0.05, 0.1) is 30.9 Å². The quantitative estimate of drug-likeness (QED) is 0.706. The minimum absolute atomic E-state index is 0.0769. The van der Waals surface area contributed by atoms with Crippen LogP contribution in [0.5, 0.6) is 0 Å². The average Bonchev–Trinajstić information content (AvgIpc) is 2.28. The Labute approximate surface area is 132 Å². The Balaban J connectivity index is 3.73. The summed E-state index contributed by atoms with van der Waals surface area (Å²) in [6, 6.07) is 2.61. The molecule has 0 spiro atoms. The number of anilines is 1. The number of nitrogens with zero attached hydrogens (tertiary/aromatic N) is 1. The first-order chi connectivity index (χ1) is 9.39. The monoisotopic (exact) mass is 399 g/mol. The van der Waals surface area contributed by atoms with Crippen LogP contribution in [-0.2, 0) is 24.8 Å². The number of ether oxygens (including phenoxy) is 1. The van der Waals surface area contributed by atoms with Crippen molar-refractivity contribution in [3.63, 3.8) is 0 Å². The van der Waals surface area contributed by atoms with Crippen LogP contribution in [0.2, 0.25) is 0 Å². The lowest BCUT2D eigenvalue weighted by Gasteiger charge is -2.22. The molecule has 0 aliphatic heterocycles. The van der Waals surface area contributed by atoms with Crippen molar-refractivity contribution in [2.24, 2.45) is 0 Å². The Kier molecular flexibility index (Phi) is 5.06. The number of sulfonamides is 2. The van der Waals surface area contributed by atoms with E-state index in [1.54, 1.807) is 6.92 Å². The molecule has 0 saturated carbocycles. The highest BCUT2D eigenvalue weighted by atomic mass is 79.9. The highest BCUT2D eigenvalue weighted by Crippen LogP contribution is 2.33. The van der Waals surface area contributed by atoms with Crippen LogP contribution in [0.25, 0.3) is 0 Å². The van der Waals surface area contributed by atoms with Gasteiger partial charge in [-0.2, -0.15) is 3.71 Å². The zero-order valence-electron chi connectivity index (χ0n) is 11.7. The van der Waals surface area contributed by atoms with Gasteiger partial charge in [0.2, 0.25) is 20.0 Å². The Morgan fingerprint density at radius 1 is 1.14 bits per heavy atom. The van der Waals surface area contributed by atoms with Gasteiger partial charge in [-0.15, -0.1) is 0 Å². The number of esters is 1. The van der Waals surface area contributed by atoms with Crippen LogP contribution in [0.15, 0.2) is 16.6 Å². The maximum atomic E-state index is 11.8. The fraction of sp³-hybridized carbons (Fsp3) is 0.364. The molecule has 0 amide bonds. The fourth-order valence-electron chi connectivity index (χ4n) is 1.73. The Bertz CT molecular complexity index is 753. The predicted molar refractivity (Wildman–Crippen MR) is 82.4 cm³/mol. The third-order valence-electron chi connectivity index (χ3n) is 2.50. The summed E-state index contributed by atoms with van der Waals surface area (Å²) in [5.41, 5.74) is 0.415. The van der Waals surface area contributed by atoms with Crippen molar-refractivity contribution < 1.29 is 26.4 Å². The lowest BCUT2D eigenvalue weighted by Crippen LogP contribution is -2.35. The van der Waals surface area contributed by atoms with Gasteiger partial charge in [0.25, 0.3) is 0 Å². The van der Waals surface area contributed by atoms with E-state index in [-0.39, 0.29) is 19.4 Å². The van der Waals surface area contributed by atoms with E-state index in [0.717, 1.165) is 18.6 Å². The number of hydrogen-bond acceptors (Lipinski definition) is 6. The van der Waals surface area contributed by atoms with E-state index in [1.807, 2.05) is 0 Å². The Morgan fingerprint density at radius 3 is 2.00 bits per heavy atom. The SMILES string of the molecule is COC(=O)c1cc(N(S(C)(=O)=O)S(C)(=O)=O)c(Br)cc1C. The Morgan fingerprint density at radius 2 is 1.62 bits per heavy atom. The molecular weight excluding hydrogens is 386 g/mol. The lowest BCUT2D eigenvalue weighted by atomic mass is 10.1. The Hall–Kier alpha value is -1.13. The molecule has 0 bridgehead atoms. The third kappa shape index (κ3) is 3.95. The lowest BCUT2D eigenvalue weighted by molar-refractivity contribution is 0.0600. The molecule has 118 valence electrons. The third-order valence-corrected chi connectivity index (χ3v) is 6.36. The van der Waals surface area contributed by atoms with Gasteiger partial charge < -0.3 is 4.74 Å². The van der Waals surface area contributed by atoms with Gasteiger partial charge in [-0.05, 0) is 40.5 Å². The molecule has 10 heteroatoms. The van der Waals surface area contributed by atoms with Crippen LogP contribution in [0.1, 0.15) is 15.9 Å². The largest absolute Gasteiger partial charge is 0.465 e. The summed E-state index contributed by atoms with van der Waals surface area (Å²) in [6.07, 6.45) is 1.52. The zero-order chi connectivity index (χ0) is 16.6. The van der Waals surface area contributed by atoms with Crippen LogP contribution in [0.4, 0.5) is 5.69 Å². The molecule has 0 fully saturated rings. The van der Waals surface area contributed by atoms with Crippen LogP contribution < -0.4 is 3.71 Å². The first-order valence-corrected chi connectivity index (χ1v) is 9.97. The van der Waals surface area contributed by atoms with Gasteiger partial charge in [-0.1, -0.05) is 0 Å². The van der Waals surface area contributed by atoms with E-state index in [9.17, 15) is 21.6 Å². The van der Waals surface area contributed by atoms with Crippen LogP contribution in [0, 0.1) is 6.92 Å². The molecule has 1 aromatic rings. The van der Waals surface area contributed by atoms with Crippen molar-refractivity contribution in [2.75, 3.05) is 23.3 Å². The molecule has 1 rings (SSSR count). The number of carbonyl (C=O) groups excluding carboxylic acids is 1. The summed E-state index contributed by atoms with van der Waals surface area (Å²) in [5, 5.41) is 0.